The van der Waals surface area contributed by atoms with E-state index in [2.05, 4.69) is 9.97 Å². The van der Waals surface area contributed by atoms with Crippen LogP contribution in [0, 0.1) is 5.82 Å². The zero-order valence-corrected chi connectivity index (χ0v) is 15.2. The molecule has 1 N–H and O–H groups in total. The number of carbonyl (C=O) groups is 1. The fourth-order valence-electron chi connectivity index (χ4n) is 3.29. The van der Waals surface area contributed by atoms with Crippen LogP contribution in [0.4, 0.5) is 4.39 Å². The van der Waals surface area contributed by atoms with Gasteiger partial charge in [-0.2, -0.15) is 0 Å². The van der Waals surface area contributed by atoms with Gasteiger partial charge in [0.25, 0.3) is 0 Å². The summed E-state index contributed by atoms with van der Waals surface area (Å²) in [4.78, 5) is 20.0. The van der Waals surface area contributed by atoms with E-state index in [1.54, 1.807) is 48.8 Å². The maximum Gasteiger partial charge on any atom is 0.231 e. The predicted octanol–water partition coefficient (Wildman–Crippen LogP) is 4.90. The Labute approximate surface area is 165 Å². The van der Waals surface area contributed by atoms with E-state index >= 15 is 0 Å². The van der Waals surface area contributed by atoms with Crippen molar-refractivity contribution in [2.45, 2.75) is 6.61 Å². The average Bonchev–Trinajstić information content (AvgIpc) is 3.28. The van der Waals surface area contributed by atoms with Gasteiger partial charge in [-0.15, -0.1) is 0 Å². The number of Topliss-reactive ketones (excluding diaryl/α,β-unsaturated/α-hetero) is 1. The van der Waals surface area contributed by atoms with Crippen LogP contribution in [0.3, 0.4) is 0 Å². The second kappa shape index (κ2) is 6.91. The summed E-state index contributed by atoms with van der Waals surface area (Å²) >= 11 is 0. The van der Waals surface area contributed by atoms with E-state index in [1.807, 2.05) is 12.1 Å². The number of aromatic nitrogens is 2. The van der Waals surface area contributed by atoms with Crippen molar-refractivity contribution in [3.8, 4) is 11.5 Å². The van der Waals surface area contributed by atoms with Crippen LogP contribution in [-0.4, -0.2) is 15.8 Å². The Bertz CT molecular complexity index is 1280. The lowest BCUT2D eigenvalue weighted by Gasteiger charge is -2.07. The molecule has 0 amide bonds. The molecule has 4 aromatic rings. The molecule has 0 atom stereocenters. The van der Waals surface area contributed by atoms with Crippen LogP contribution in [0.1, 0.15) is 21.5 Å². The number of H-pyrrole nitrogens is 1. The number of nitrogens with one attached hydrogen (secondary N) is 1. The second-order valence-corrected chi connectivity index (χ2v) is 6.66. The number of ether oxygens (including phenoxy) is 2. The molecule has 0 radical (unpaired) electrons. The molecule has 3 heterocycles. The predicted molar refractivity (Wildman–Crippen MR) is 106 cm³/mol. The summed E-state index contributed by atoms with van der Waals surface area (Å²) < 4.78 is 24.8. The van der Waals surface area contributed by atoms with Crippen LogP contribution in [0.2, 0.25) is 0 Å². The van der Waals surface area contributed by atoms with Crippen LogP contribution in [0.5, 0.6) is 11.5 Å². The molecule has 1 aliphatic heterocycles. The Hall–Kier alpha value is -3.93. The van der Waals surface area contributed by atoms with Gasteiger partial charge in [-0.1, -0.05) is 12.1 Å². The Balaban J connectivity index is 1.38. The molecule has 0 saturated heterocycles. The topological polar surface area (TPSA) is 64.2 Å². The number of halogens is 1. The average molecular weight is 386 g/mol. The maximum absolute atomic E-state index is 13.3. The van der Waals surface area contributed by atoms with Gasteiger partial charge in [-0.25, -0.2) is 9.37 Å². The van der Waals surface area contributed by atoms with Crippen LogP contribution >= 0.6 is 0 Å². The van der Waals surface area contributed by atoms with Crippen LogP contribution in [0.15, 0.2) is 72.8 Å². The molecule has 0 spiro atoms. The van der Waals surface area contributed by atoms with Gasteiger partial charge in [0, 0.05) is 29.4 Å². The third-order valence-corrected chi connectivity index (χ3v) is 4.71. The molecular weight excluding hydrogens is 371 g/mol. The number of rotatable bonds is 4. The Morgan fingerprint density at radius 1 is 1.14 bits per heavy atom. The van der Waals surface area contributed by atoms with Gasteiger partial charge < -0.3 is 14.5 Å². The lowest BCUT2D eigenvalue weighted by molar-refractivity contribution is 0.101. The van der Waals surface area contributed by atoms with Crippen molar-refractivity contribution in [1.29, 1.82) is 0 Å². The fourth-order valence-corrected chi connectivity index (χ4v) is 3.29. The smallest absolute Gasteiger partial charge is 0.231 e. The van der Waals surface area contributed by atoms with Gasteiger partial charge in [-0.3, -0.25) is 4.79 Å². The Morgan fingerprint density at radius 3 is 2.97 bits per heavy atom. The number of hydrogen-bond acceptors (Lipinski definition) is 4. The number of pyridine rings is 1. The minimum atomic E-state index is -0.309. The first-order valence-corrected chi connectivity index (χ1v) is 9.05. The summed E-state index contributed by atoms with van der Waals surface area (Å²) in [7, 11) is 0. The third kappa shape index (κ3) is 3.25. The molecule has 2 aromatic carbocycles. The van der Waals surface area contributed by atoms with Gasteiger partial charge in [0.15, 0.2) is 5.76 Å². The first-order chi connectivity index (χ1) is 14.2. The molecule has 29 heavy (non-hydrogen) atoms. The van der Waals surface area contributed by atoms with Gasteiger partial charge in [0.1, 0.15) is 29.6 Å². The largest absolute Gasteiger partial charge is 0.489 e. The highest BCUT2D eigenvalue weighted by molar-refractivity contribution is 6.15. The van der Waals surface area contributed by atoms with E-state index in [-0.39, 0.29) is 24.0 Å². The summed E-state index contributed by atoms with van der Waals surface area (Å²) in [6, 6.07) is 15.0. The highest BCUT2D eigenvalue weighted by Gasteiger charge is 2.28. The van der Waals surface area contributed by atoms with Crippen molar-refractivity contribution < 1.29 is 18.7 Å². The number of benzene rings is 2. The molecule has 5 rings (SSSR count). The molecule has 5 nitrogen and oxygen atoms in total. The zero-order valence-electron chi connectivity index (χ0n) is 15.2. The first-order valence-electron chi connectivity index (χ1n) is 9.05. The highest BCUT2D eigenvalue weighted by Crippen LogP contribution is 2.35. The molecule has 0 saturated carbocycles. The summed E-state index contributed by atoms with van der Waals surface area (Å²) in [6.45, 7) is 0.218. The van der Waals surface area contributed by atoms with Crippen molar-refractivity contribution in [1.82, 2.24) is 9.97 Å². The van der Waals surface area contributed by atoms with E-state index in [0.717, 1.165) is 22.2 Å². The molecule has 0 bridgehead atoms. The number of fused-ring (bicyclic) bond motifs is 2. The molecule has 0 unspecified atom stereocenters. The summed E-state index contributed by atoms with van der Waals surface area (Å²) in [6.07, 6.45) is 5.20. The molecule has 142 valence electrons. The Kier molecular flexibility index (Phi) is 4.09. The van der Waals surface area contributed by atoms with Crippen molar-refractivity contribution >= 4 is 22.9 Å². The maximum atomic E-state index is 13.3. The molecule has 6 heteroatoms. The van der Waals surface area contributed by atoms with Crippen LogP contribution in [-0.2, 0) is 6.61 Å². The third-order valence-electron chi connectivity index (χ3n) is 4.71. The number of allylic oxidation sites excluding steroid dienone is 1. The number of ketones is 1. The molecular formula is C23H15FN2O3. The van der Waals surface area contributed by atoms with Gasteiger partial charge >= 0.3 is 0 Å². The number of nitrogens with zero attached hydrogens (tertiary/aromatic N) is 1. The summed E-state index contributed by atoms with van der Waals surface area (Å²) in [5.41, 5.74) is 2.77. The molecule has 2 aromatic heterocycles. The van der Waals surface area contributed by atoms with Crippen LogP contribution in [0.25, 0.3) is 17.1 Å². The minimum Gasteiger partial charge on any atom is -0.489 e. The number of hydrogen-bond donors (Lipinski definition) is 1. The minimum absolute atomic E-state index is 0.185. The van der Waals surface area contributed by atoms with E-state index in [9.17, 15) is 9.18 Å². The van der Waals surface area contributed by atoms with Crippen LogP contribution < -0.4 is 9.47 Å². The number of carbonyl (C=O) groups excluding carboxylic acids is 1. The quantitative estimate of drug-likeness (QED) is 0.507. The standard InChI is InChI=1S/C23H15FN2O3/c24-16-4-1-3-14(9-16)13-28-17-6-7-19-20(11-17)29-21(22(19)27)10-15-12-26-23-18(15)5-2-8-25-23/h1-12H,13H2,(H,25,26)/b21-10-. The zero-order chi connectivity index (χ0) is 19.8. The van der Waals surface area contributed by atoms with Gasteiger partial charge in [-0.05, 0) is 48.0 Å². The van der Waals surface area contributed by atoms with E-state index in [0.29, 0.717) is 17.1 Å². The highest BCUT2D eigenvalue weighted by atomic mass is 19.1. The van der Waals surface area contributed by atoms with E-state index in [1.165, 1.54) is 12.1 Å². The van der Waals surface area contributed by atoms with E-state index in [4.69, 9.17) is 9.47 Å². The SMILES string of the molecule is O=C1/C(=C/c2c[nH]c3ncccc23)Oc2cc(OCc3cccc(F)c3)ccc21. The van der Waals surface area contributed by atoms with Crippen molar-refractivity contribution in [2.75, 3.05) is 0 Å². The van der Waals surface area contributed by atoms with Crippen molar-refractivity contribution in [3.05, 3.63) is 95.3 Å². The summed E-state index contributed by atoms with van der Waals surface area (Å²) in [5, 5.41) is 0.909. The first kappa shape index (κ1) is 17.2. The normalized spacial score (nSPS) is 14.2. The van der Waals surface area contributed by atoms with Gasteiger partial charge in [0.05, 0.1) is 5.56 Å². The lowest BCUT2D eigenvalue weighted by atomic mass is 10.1. The second-order valence-electron chi connectivity index (χ2n) is 6.66. The van der Waals surface area contributed by atoms with E-state index < -0.39 is 0 Å². The summed E-state index contributed by atoms with van der Waals surface area (Å²) in [5.74, 6) is 0.729. The number of aromatic amines is 1. The molecule has 1 aliphatic rings. The fraction of sp³-hybridized carbons (Fsp3) is 0.0435. The monoisotopic (exact) mass is 386 g/mol. The molecule has 0 fully saturated rings. The van der Waals surface area contributed by atoms with Crippen molar-refractivity contribution in [2.24, 2.45) is 0 Å². The van der Waals surface area contributed by atoms with Crippen molar-refractivity contribution in [3.63, 3.8) is 0 Å². The lowest BCUT2D eigenvalue weighted by Crippen LogP contribution is -1.97. The Morgan fingerprint density at radius 2 is 2.07 bits per heavy atom. The molecule has 0 aliphatic carbocycles. The van der Waals surface area contributed by atoms with Gasteiger partial charge in [0.2, 0.25) is 5.78 Å².